The normalized spacial score (nSPS) is 20.4. The average Bonchev–Trinajstić information content (AvgIpc) is 2.83. The van der Waals surface area contributed by atoms with Crippen LogP contribution in [0.4, 0.5) is 0 Å². The number of fused-ring (bicyclic) bond motifs is 3. The third kappa shape index (κ3) is 4.11. The van der Waals surface area contributed by atoms with Gasteiger partial charge in [0.05, 0.1) is 17.9 Å². The highest BCUT2D eigenvalue weighted by Gasteiger charge is 2.44. The minimum Gasteiger partial charge on any atom is -0.493 e. The lowest BCUT2D eigenvalue weighted by atomic mass is 9.60. The van der Waals surface area contributed by atoms with Crippen molar-refractivity contribution in [3.8, 4) is 17.0 Å². The van der Waals surface area contributed by atoms with E-state index in [1.807, 2.05) is 30.3 Å². The number of hydrogen-bond acceptors (Lipinski definition) is 4. The van der Waals surface area contributed by atoms with E-state index in [1.54, 1.807) is 11.8 Å². The van der Waals surface area contributed by atoms with Crippen molar-refractivity contribution in [2.75, 3.05) is 12.4 Å². The standard InChI is InChI=1S/C27H30N2O2S/c1-27(20-11-4-2-5-12-20)18-19-10-8-9-15-22(19)24-23(27)25(30)29-26(28-24)32-17-16-31-21-13-6-3-7-14-21/h3,6-10,13-15,20H,2,4-5,11-12,16-18H2,1H3,(H,28,29,30)/t27-/m0/s1. The highest BCUT2D eigenvalue weighted by molar-refractivity contribution is 7.99. The lowest BCUT2D eigenvalue weighted by Crippen LogP contribution is -2.43. The molecule has 1 atom stereocenters. The van der Waals surface area contributed by atoms with Gasteiger partial charge in [0.15, 0.2) is 5.16 Å². The van der Waals surface area contributed by atoms with E-state index in [0.717, 1.165) is 34.7 Å². The fourth-order valence-electron chi connectivity index (χ4n) is 5.54. The molecule has 5 heteroatoms. The van der Waals surface area contributed by atoms with Crippen LogP contribution in [0.1, 0.15) is 50.2 Å². The van der Waals surface area contributed by atoms with Gasteiger partial charge in [-0.05, 0) is 42.9 Å². The molecule has 166 valence electrons. The van der Waals surface area contributed by atoms with Gasteiger partial charge in [0.25, 0.3) is 5.56 Å². The Kier molecular flexibility index (Phi) is 6.09. The van der Waals surface area contributed by atoms with Crippen molar-refractivity contribution in [1.82, 2.24) is 9.97 Å². The van der Waals surface area contributed by atoms with Crippen LogP contribution < -0.4 is 10.3 Å². The van der Waals surface area contributed by atoms with E-state index in [4.69, 9.17) is 9.72 Å². The van der Waals surface area contributed by atoms with Crippen LogP contribution in [0, 0.1) is 5.92 Å². The third-order valence-electron chi connectivity index (χ3n) is 7.14. The van der Waals surface area contributed by atoms with Crippen molar-refractivity contribution in [1.29, 1.82) is 0 Å². The largest absolute Gasteiger partial charge is 0.493 e. The predicted molar refractivity (Wildman–Crippen MR) is 131 cm³/mol. The Labute approximate surface area is 193 Å². The first kappa shape index (κ1) is 21.3. The predicted octanol–water partition coefficient (Wildman–Crippen LogP) is 6.00. The summed E-state index contributed by atoms with van der Waals surface area (Å²) < 4.78 is 5.80. The quantitative estimate of drug-likeness (QED) is 0.287. The Bertz CT molecular complexity index is 1140. The summed E-state index contributed by atoms with van der Waals surface area (Å²) in [5.41, 5.74) is 4.08. The molecule has 0 radical (unpaired) electrons. The van der Waals surface area contributed by atoms with Gasteiger partial charge in [-0.3, -0.25) is 4.79 Å². The Hall–Kier alpha value is -2.53. The second-order valence-corrected chi connectivity index (χ2v) is 10.3. The monoisotopic (exact) mass is 446 g/mol. The molecule has 2 aromatic carbocycles. The molecule has 0 aliphatic heterocycles. The van der Waals surface area contributed by atoms with Crippen LogP contribution in [0.5, 0.6) is 5.75 Å². The summed E-state index contributed by atoms with van der Waals surface area (Å²) in [6.07, 6.45) is 7.15. The van der Waals surface area contributed by atoms with E-state index in [0.29, 0.717) is 17.7 Å². The lowest BCUT2D eigenvalue weighted by Gasteiger charge is -2.43. The van der Waals surface area contributed by atoms with Gasteiger partial charge in [-0.15, -0.1) is 0 Å². The molecule has 1 saturated carbocycles. The Morgan fingerprint density at radius 1 is 1.06 bits per heavy atom. The first-order valence-corrected chi connectivity index (χ1v) is 12.7. The summed E-state index contributed by atoms with van der Waals surface area (Å²) in [7, 11) is 0. The number of nitrogens with one attached hydrogen (secondary N) is 1. The van der Waals surface area contributed by atoms with Crippen LogP contribution in [0.25, 0.3) is 11.3 Å². The summed E-state index contributed by atoms with van der Waals surface area (Å²) >= 11 is 1.55. The smallest absolute Gasteiger partial charge is 0.255 e. The number of ether oxygens (including phenoxy) is 1. The Balaban J connectivity index is 1.44. The molecule has 5 rings (SSSR count). The maximum atomic E-state index is 13.5. The number of H-pyrrole nitrogens is 1. The van der Waals surface area contributed by atoms with E-state index in [-0.39, 0.29) is 11.0 Å². The maximum absolute atomic E-state index is 13.5. The SMILES string of the molecule is C[C@@]1(C2CCCCC2)Cc2ccccc2-c2nc(SCCOc3ccccc3)[nH]c(=O)c21. The zero-order chi connectivity index (χ0) is 22.0. The number of benzene rings is 2. The molecule has 0 unspecified atom stereocenters. The molecular formula is C27H30N2O2S. The van der Waals surface area contributed by atoms with E-state index in [2.05, 4.69) is 36.2 Å². The summed E-state index contributed by atoms with van der Waals surface area (Å²) in [6, 6.07) is 18.3. The van der Waals surface area contributed by atoms with Gasteiger partial charge in [0.2, 0.25) is 0 Å². The van der Waals surface area contributed by atoms with Crippen molar-refractivity contribution in [3.63, 3.8) is 0 Å². The van der Waals surface area contributed by atoms with E-state index in [1.165, 1.54) is 37.7 Å². The van der Waals surface area contributed by atoms with E-state index < -0.39 is 0 Å². The molecule has 1 heterocycles. The first-order chi connectivity index (χ1) is 15.6. The van der Waals surface area contributed by atoms with Crippen LogP contribution in [-0.4, -0.2) is 22.3 Å². The van der Waals surface area contributed by atoms with Crippen molar-refractivity contribution >= 4 is 11.8 Å². The van der Waals surface area contributed by atoms with Gasteiger partial charge in [-0.1, -0.05) is 80.4 Å². The maximum Gasteiger partial charge on any atom is 0.255 e. The zero-order valence-electron chi connectivity index (χ0n) is 18.6. The highest BCUT2D eigenvalue weighted by atomic mass is 32.2. The Morgan fingerprint density at radius 2 is 1.81 bits per heavy atom. The molecule has 3 aromatic rings. The van der Waals surface area contributed by atoms with Gasteiger partial charge in [0.1, 0.15) is 5.75 Å². The molecule has 0 amide bonds. The lowest BCUT2D eigenvalue weighted by molar-refractivity contribution is 0.213. The molecule has 1 aromatic heterocycles. The molecule has 1 N–H and O–H groups in total. The zero-order valence-corrected chi connectivity index (χ0v) is 19.4. The minimum absolute atomic E-state index is 0.0315. The molecule has 1 fully saturated rings. The van der Waals surface area contributed by atoms with Crippen molar-refractivity contribution in [2.24, 2.45) is 5.92 Å². The number of para-hydroxylation sites is 1. The Morgan fingerprint density at radius 3 is 2.62 bits per heavy atom. The molecule has 32 heavy (non-hydrogen) atoms. The molecule has 2 aliphatic carbocycles. The van der Waals surface area contributed by atoms with Crippen molar-refractivity contribution < 1.29 is 4.74 Å². The van der Waals surface area contributed by atoms with E-state index >= 15 is 0 Å². The second-order valence-electron chi connectivity index (χ2n) is 9.19. The fraction of sp³-hybridized carbons (Fsp3) is 0.407. The molecule has 2 aliphatic rings. The van der Waals surface area contributed by atoms with Gasteiger partial charge < -0.3 is 9.72 Å². The van der Waals surface area contributed by atoms with E-state index in [9.17, 15) is 4.79 Å². The summed E-state index contributed by atoms with van der Waals surface area (Å²) in [5.74, 6) is 2.11. The highest BCUT2D eigenvalue weighted by Crippen LogP contribution is 2.48. The molecular weight excluding hydrogens is 416 g/mol. The first-order valence-electron chi connectivity index (χ1n) is 11.7. The number of nitrogens with zero attached hydrogens (tertiary/aromatic N) is 1. The van der Waals surface area contributed by atoms with Gasteiger partial charge in [0, 0.05) is 16.7 Å². The number of aromatic amines is 1. The van der Waals surface area contributed by atoms with Crippen LogP contribution in [-0.2, 0) is 11.8 Å². The summed E-state index contributed by atoms with van der Waals surface area (Å²) in [6.45, 7) is 2.86. The topological polar surface area (TPSA) is 55.0 Å². The molecule has 4 nitrogen and oxygen atoms in total. The van der Waals surface area contributed by atoms with Crippen molar-refractivity contribution in [2.45, 2.75) is 56.0 Å². The summed E-state index contributed by atoms with van der Waals surface area (Å²) in [5, 5.41) is 0.674. The number of thioether (sulfide) groups is 1. The fourth-order valence-corrected chi connectivity index (χ4v) is 6.22. The third-order valence-corrected chi connectivity index (χ3v) is 7.98. The second kappa shape index (κ2) is 9.14. The number of aromatic nitrogens is 2. The van der Waals surface area contributed by atoms with Crippen LogP contribution >= 0.6 is 11.8 Å². The van der Waals surface area contributed by atoms with Gasteiger partial charge >= 0.3 is 0 Å². The minimum atomic E-state index is -0.162. The molecule has 0 bridgehead atoms. The number of rotatable bonds is 6. The van der Waals surface area contributed by atoms with Crippen LogP contribution in [0.2, 0.25) is 0 Å². The van der Waals surface area contributed by atoms with Gasteiger partial charge in [-0.25, -0.2) is 4.98 Å². The van der Waals surface area contributed by atoms with Crippen LogP contribution in [0.15, 0.2) is 64.5 Å². The molecule has 0 spiro atoms. The number of hydrogen-bond donors (Lipinski definition) is 1. The van der Waals surface area contributed by atoms with Gasteiger partial charge in [-0.2, -0.15) is 0 Å². The summed E-state index contributed by atoms with van der Waals surface area (Å²) in [4.78, 5) is 21.6. The average molecular weight is 447 g/mol. The van der Waals surface area contributed by atoms with Crippen LogP contribution in [0.3, 0.4) is 0 Å². The molecule has 0 saturated heterocycles. The van der Waals surface area contributed by atoms with Crippen molar-refractivity contribution in [3.05, 3.63) is 76.1 Å².